The second-order valence-electron chi connectivity index (χ2n) is 2.55. The highest BCUT2D eigenvalue weighted by atomic mass is 19.3. The summed E-state index contributed by atoms with van der Waals surface area (Å²) in [6.07, 6.45) is -4.10. The molecule has 90 valence electrons. The van der Waals surface area contributed by atoms with Gasteiger partial charge in [0.2, 0.25) is 5.95 Å². The third kappa shape index (κ3) is 2.38. The molecule has 0 aliphatic rings. The van der Waals surface area contributed by atoms with Crippen LogP contribution in [0.5, 0.6) is 6.01 Å². The zero-order valence-electron chi connectivity index (χ0n) is 7.80. The fourth-order valence-electron chi connectivity index (χ4n) is 0.684. The number of carbonyl (C=O) groups excluding carboxylic acids is 1. The van der Waals surface area contributed by atoms with Gasteiger partial charge in [0.25, 0.3) is 0 Å². The molecule has 1 aromatic heterocycles. The van der Waals surface area contributed by atoms with Crippen LogP contribution in [0.4, 0.5) is 23.5 Å². The van der Waals surface area contributed by atoms with E-state index in [1.807, 2.05) is 5.10 Å². The largest absolute Gasteiger partial charge is 0.466 e. The molecule has 0 saturated carbocycles. The zero-order chi connectivity index (χ0) is 12.3. The third-order valence-corrected chi connectivity index (χ3v) is 1.46. The Balaban J connectivity index is 2.71. The molecule has 16 heavy (non-hydrogen) atoms. The molecule has 0 aliphatic heterocycles. The topological polar surface area (TPSA) is 79.9 Å². The van der Waals surface area contributed by atoms with Gasteiger partial charge < -0.3 is 4.74 Å². The number of rotatable bonds is 4. The van der Waals surface area contributed by atoms with Gasteiger partial charge in [-0.25, -0.2) is 13.9 Å². The number of amides is 1. The van der Waals surface area contributed by atoms with Gasteiger partial charge in [-0.3, -0.25) is 10.1 Å². The number of ether oxygens (including phenoxy) is 1. The molecule has 1 aromatic rings. The zero-order valence-corrected chi connectivity index (χ0v) is 7.80. The number of aromatic amines is 1. The van der Waals surface area contributed by atoms with Crippen LogP contribution in [0.15, 0.2) is 0 Å². The van der Waals surface area contributed by atoms with Crippen molar-refractivity contribution >= 4 is 11.9 Å². The van der Waals surface area contributed by atoms with E-state index in [0.29, 0.717) is 0 Å². The average Bonchev–Trinajstić information content (AvgIpc) is 2.65. The number of nitrogens with zero attached hydrogens (tertiary/aromatic N) is 2. The van der Waals surface area contributed by atoms with Crippen molar-refractivity contribution in [3.8, 4) is 6.01 Å². The summed E-state index contributed by atoms with van der Waals surface area (Å²) < 4.78 is 52.9. The Morgan fingerprint density at radius 1 is 1.56 bits per heavy atom. The summed E-state index contributed by atoms with van der Waals surface area (Å²) in [6, 6.07) is -0.226. The molecule has 0 aliphatic carbocycles. The Bertz CT molecular complexity index is 380. The van der Waals surface area contributed by atoms with Crippen molar-refractivity contribution in [2.24, 2.45) is 0 Å². The van der Waals surface area contributed by atoms with Crippen molar-refractivity contribution in [2.75, 3.05) is 12.4 Å². The van der Waals surface area contributed by atoms with Crippen LogP contribution in [-0.2, 0) is 4.79 Å². The second-order valence-corrected chi connectivity index (χ2v) is 2.55. The smallest absolute Gasteiger partial charge is 0.383 e. The van der Waals surface area contributed by atoms with Gasteiger partial charge in [-0.1, -0.05) is 0 Å². The van der Waals surface area contributed by atoms with Crippen LogP contribution in [0.25, 0.3) is 0 Å². The van der Waals surface area contributed by atoms with E-state index < -0.39 is 24.2 Å². The van der Waals surface area contributed by atoms with Crippen LogP contribution in [-0.4, -0.2) is 40.5 Å². The van der Waals surface area contributed by atoms with Gasteiger partial charge in [0.05, 0.1) is 7.11 Å². The third-order valence-electron chi connectivity index (χ3n) is 1.46. The van der Waals surface area contributed by atoms with E-state index in [9.17, 15) is 22.4 Å². The van der Waals surface area contributed by atoms with Crippen molar-refractivity contribution < 1.29 is 27.1 Å². The highest BCUT2D eigenvalue weighted by Gasteiger charge is 2.49. The van der Waals surface area contributed by atoms with Gasteiger partial charge in [-0.2, -0.15) is 13.8 Å². The van der Waals surface area contributed by atoms with Crippen LogP contribution >= 0.6 is 0 Å². The molecule has 1 rings (SSSR count). The van der Waals surface area contributed by atoms with E-state index in [2.05, 4.69) is 14.8 Å². The molecule has 10 heteroatoms. The molecule has 2 N–H and O–H groups in total. The molecule has 0 bridgehead atoms. The number of halogens is 4. The maximum absolute atomic E-state index is 12.5. The van der Waals surface area contributed by atoms with Gasteiger partial charge >= 0.3 is 24.3 Å². The molecule has 6 nitrogen and oxygen atoms in total. The first-order valence-electron chi connectivity index (χ1n) is 3.81. The number of hydrogen-bond donors (Lipinski definition) is 2. The molecule has 0 aromatic carbocycles. The predicted octanol–water partition coefficient (Wildman–Crippen LogP) is 0.652. The lowest BCUT2D eigenvalue weighted by Crippen LogP contribution is -2.41. The molecule has 1 amide bonds. The van der Waals surface area contributed by atoms with Crippen LogP contribution < -0.4 is 10.1 Å². The van der Waals surface area contributed by atoms with E-state index in [1.54, 1.807) is 0 Å². The molecule has 0 atom stereocenters. The Morgan fingerprint density at radius 2 is 2.19 bits per heavy atom. The van der Waals surface area contributed by atoms with Crippen LogP contribution in [0.3, 0.4) is 0 Å². The quantitative estimate of drug-likeness (QED) is 0.760. The molecule has 0 unspecified atom stereocenters. The van der Waals surface area contributed by atoms with Gasteiger partial charge in [-0.05, 0) is 0 Å². The number of alkyl halides is 4. The van der Waals surface area contributed by atoms with E-state index in [-0.39, 0.29) is 6.01 Å². The summed E-state index contributed by atoms with van der Waals surface area (Å²) in [7, 11) is 1.20. The summed E-state index contributed by atoms with van der Waals surface area (Å²) >= 11 is 0. The minimum absolute atomic E-state index is 0.226. The number of hydrogen-bond acceptors (Lipinski definition) is 4. The van der Waals surface area contributed by atoms with Crippen LogP contribution in [0.1, 0.15) is 0 Å². The maximum atomic E-state index is 12.5. The van der Waals surface area contributed by atoms with Gasteiger partial charge in [0.15, 0.2) is 0 Å². The number of H-pyrrole nitrogens is 1. The lowest BCUT2D eigenvalue weighted by molar-refractivity contribution is -0.163. The highest BCUT2D eigenvalue weighted by Crippen LogP contribution is 2.24. The fraction of sp³-hybridized carbons (Fsp3) is 0.500. The molecule has 0 radical (unpaired) electrons. The van der Waals surface area contributed by atoms with E-state index in [1.165, 1.54) is 12.4 Å². The lowest BCUT2D eigenvalue weighted by Gasteiger charge is -2.12. The second kappa shape index (κ2) is 4.33. The minimum atomic E-state index is -4.79. The Kier molecular flexibility index (Phi) is 3.30. The Hall–Kier alpha value is -1.87. The van der Waals surface area contributed by atoms with Crippen LogP contribution in [0, 0.1) is 0 Å². The molecule has 0 spiro atoms. The van der Waals surface area contributed by atoms with E-state index in [0.717, 1.165) is 0 Å². The highest BCUT2D eigenvalue weighted by molar-refractivity contribution is 5.95. The SMILES string of the molecule is COc1n[nH]c(NC(=O)C(F)(F)C(F)F)n1. The van der Waals surface area contributed by atoms with Gasteiger partial charge in [0, 0.05) is 0 Å². The summed E-state index contributed by atoms with van der Waals surface area (Å²) in [4.78, 5) is 14.0. The normalized spacial score (nSPS) is 11.6. The van der Waals surface area contributed by atoms with Crippen molar-refractivity contribution in [3.05, 3.63) is 0 Å². The summed E-state index contributed by atoms with van der Waals surface area (Å²) in [6.45, 7) is 0. The first kappa shape index (κ1) is 12.2. The van der Waals surface area contributed by atoms with E-state index >= 15 is 0 Å². The minimum Gasteiger partial charge on any atom is -0.466 e. The Morgan fingerprint density at radius 3 is 2.62 bits per heavy atom. The van der Waals surface area contributed by atoms with Gasteiger partial charge in [0.1, 0.15) is 0 Å². The standard InChI is InChI=1S/C6H6F4N4O2/c1-16-5-12-4(13-14-5)11-3(15)6(9,10)2(7)8/h2H,1H3,(H2,11,12,13,14,15). The molecule has 1 heterocycles. The number of nitrogens with one attached hydrogen (secondary N) is 2. The van der Waals surface area contributed by atoms with Gasteiger partial charge in [-0.15, -0.1) is 5.10 Å². The molecular weight excluding hydrogens is 236 g/mol. The van der Waals surface area contributed by atoms with E-state index in [4.69, 9.17) is 0 Å². The number of methoxy groups -OCH3 is 1. The van der Waals surface area contributed by atoms with Crippen molar-refractivity contribution in [1.29, 1.82) is 0 Å². The van der Waals surface area contributed by atoms with Crippen molar-refractivity contribution in [2.45, 2.75) is 12.3 Å². The molecule has 0 saturated heterocycles. The summed E-state index contributed by atoms with van der Waals surface area (Å²) in [5.41, 5.74) is 0. The van der Waals surface area contributed by atoms with Crippen molar-refractivity contribution in [1.82, 2.24) is 15.2 Å². The average molecular weight is 242 g/mol. The number of carbonyl (C=O) groups is 1. The first-order valence-corrected chi connectivity index (χ1v) is 3.81. The van der Waals surface area contributed by atoms with Crippen molar-refractivity contribution in [3.63, 3.8) is 0 Å². The lowest BCUT2D eigenvalue weighted by atomic mass is 10.3. The summed E-state index contributed by atoms with van der Waals surface area (Å²) in [5.74, 6) is -7.48. The predicted molar refractivity (Wildman–Crippen MR) is 42.5 cm³/mol. The Labute approximate surface area is 86.0 Å². The molecule has 0 fully saturated rings. The number of anilines is 1. The monoisotopic (exact) mass is 242 g/mol. The summed E-state index contributed by atoms with van der Waals surface area (Å²) in [5, 5.41) is 6.75. The first-order chi connectivity index (χ1) is 7.37. The molecular formula is C6H6F4N4O2. The van der Waals surface area contributed by atoms with Crippen LogP contribution in [0.2, 0.25) is 0 Å². The maximum Gasteiger partial charge on any atom is 0.383 e. The fourth-order valence-corrected chi connectivity index (χ4v) is 0.684. The number of aromatic nitrogens is 3.